The molecule has 4 saturated heterocycles. The van der Waals surface area contributed by atoms with E-state index in [1.54, 1.807) is 16.8 Å². The van der Waals surface area contributed by atoms with Gasteiger partial charge in [-0.3, -0.25) is 14.4 Å². The van der Waals surface area contributed by atoms with Crippen LogP contribution in [0.4, 0.5) is 4.39 Å². The Balaban J connectivity index is 1.55. The van der Waals surface area contributed by atoms with E-state index < -0.39 is 0 Å². The molecule has 0 spiro atoms. The van der Waals surface area contributed by atoms with Gasteiger partial charge in [-0.25, -0.2) is 4.39 Å². The Labute approximate surface area is 165 Å². The van der Waals surface area contributed by atoms with Crippen molar-refractivity contribution in [3.8, 4) is 0 Å². The lowest BCUT2D eigenvalue weighted by Crippen LogP contribution is -2.60. The maximum atomic E-state index is 13.7. The van der Waals surface area contributed by atoms with Crippen molar-refractivity contribution in [1.29, 1.82) is 0 Å². The third-order valence-electron chi connectivity index (χ3n) is 7.28. The number of aryl methyl sites for hydroxylation is 2. The second kappa shape index (κ2) is 6.41. The first-order valence-corrected chi connectivity index (χ1v) is 10.3. The van der Waals surface area contributed by atoms with E-state index in [0.717, 1.165) is 48.4 Å². The Morgan fingerprint density at radius 1 is 1.11 bits per heavy atom. The standard InChI is InChI=1S/C22H27FN4O/c1-13-19(14(2)25(3)24-13)22(28)27-12-18(15-4-6-17(23)7-5-15)21-20(27)16-8-10-26(21)11-9-16/h4-7,16,18,20-21H,8-12H2,1-3H3/t18-,20+,21+/m1/s1. The first-order valence-electron chi connectivity index (χ1n) is 10.3. The number of piperidine rings is 3. The average Bonchev–Trinajstić information content (AvgIpc) is 3.23. The number of rotatable bonds is 2. The minimum absolute atomic E-state index is 0.108. The molecule has 6 heteroatoms. The zero-order chi connectivity index (χ0) is 19.6. The lowest BCUT2D eigenvalue weighted by atomic mass is 9.75. The summed E-state index contributed by atoms with van der Waals surface area (Å²) in [5, 5.41) is 4.46. The molecule has 0 N–H and O–H groups in total. The molecule has 4 aliphatic heterocycles. The van der Waals surface area contributed by atoms with Crippen LogP contribution >= 0.6 is 0 Å². The number of amides is 1. The fourth-order valence-corrected chi connectivity index (χ4v) is 5.88. The van der Waals surface area contributed by atoms with Crippen LogP contribution in [-0.2, 0) is 7.05 Å². The molecule has 2 aromatic rings. The van der Waals surface area contributed by atoms with Crippen LogP contribution in [0.25, 0.3) is 0 Å². The second-order valence-corrected chi connectivity index (χ2v) is 8.64. The zero-order valence-electron chi connectivity index (χ0n) is 16.7. The van der Waals surface area contributed by atoms with E-state index in [9.17, 15) is 9.18 Å². The third-order valence-corrected chi connectivity index (χ3v) is 7.28. The Morgan fingerprint density at radius 3 is 2.39 bits per heavy atom. The van der Waals surface area contributed by atoms with Crippen LogP contribution in [0.15, 0.2) is 24.3 Å². The molecule has 28 heavy (non-hydrogen) atoms. The second-order valence-electron chi connectivity index (χ2n) is 8.64. The average molecular weight is 382 g/mol. The molecule has 4 fully saturated rings. The number of nitrogens with zero attached hydrogens (tertiary/aromatic N) is 4. The van der Waals surface area contributed by atoms with Crippen molar-refractivity contribution in [3.05, 3.63) is 52.6 Å². The van der Waals surface area contributed by atoms with Crippen molar-refractivity contribution >= 4 is 5.91 Å². The van der Waals surface area contributed by atoms with Crippen LogP contribution in [-0.4, -0.2) is 57.2 Å². The van der Waals surface area contributed by atoms with E-state index in [-0.39, 0.29) is 23.7 Å². The molecular weight excluding hydrogens is 355 g/mol. The molecule has 4 aliphatic rings. The first-order chi connectivity index (χ1) is 13.5. The maximum Gasteiger partial charge on any atom is 0.257 e. The van der Waals surface area contributed by atoms with Crippen LogP contribution in [0, 0.1) is 25.6 Å². The minimum atomic E-state index is -0.210. The van der Waals surface area contributed by atoms with Gasteiger partial charge in [0, 0.05) is 31.2 Å². The van der Waals surface area contributed by atoms with Gasteiger partial charge in [0.05, 0.1) is 17.3 Å². The van der Waals surface area contributed by atoms with Crippen molar-refractivity contribution in [2.75, 3.05) is 19.6 Å². The van der Waals surface area contributed by atoms with Crippen LogP contribution in [0.1, 0.15) is 46.1 Å². The SMILES string of the molecule is Cc1nn(C)c(C)c1C(=O)N1C[C@H](c2ccc(F)cc2)[C@H]2[C@@H]1C1CCN2CC1. The number of aromatic nitrogens is 2. The highest BCUT2D eigenvalue weighted by Crippen LogP contribution is 2.47. The van der Waals surface area contributed by atoms with Crippen molar-refractivity contribution in [1.82, 2.24) is 19.6 Å². The number of likely N-dealkylation sites (tertiary alicyclic amines) is 1. The summed E-state index contributed by atoms with van der Waals surface area (Å²) in [6, 6.07) is 7.45. The number of benzene rings is 1. The van der Waals surface area contributed by atoms with Crippen molar-refractivity contribution in [2.45, 2.75) is 44.7 Å². The van der Waals surface area contributed by atoms with Gasteiger partial charge in [-0.15, -0.1) is 0 Å². The first kappa shape index (κ1) is 17.9. The normalized spacial score (nSPS) is 31.3. The van der Waals surface area contributed by atoms with Crippen molar-refractivity contribution < 1.29 is 9.18 Å². The number of hydrogen-bond acceptors (Lipinski definition) is 3. The molecular formula is C22H27FN4O. The van der Waals surface area contributed by atoms with Gasteiger partial charge in [0.15, 0.2) is 0 Å². The quantitative estimate of drug-likeness (QED) is 0.802. The maximum absolute atomic E-state index is 13.7. The molecule has 0 aliphatic carbocycles. The van der Waals surface area contributed by atoms with Gasteiger partial charge in [0.2, 0.25) is 0 Å². The number of hydrogen-bond donors (Lipinski definition) is 0. The van der Waals surface area contributed by atoms with E-state index in [2.05, 4.69) is 14.9 Å². The summed E-state index contributed by atoms with van der Waals surface area (Å²) < 4.78 is 15.3. The molecule has 0 unspecified atom stereocenters. The molecule has 5 nitrogen and oxygen atoms in total. The summed E-state index contributed by atoms with van der Waals surface area (Å²) in [7, 11) is 1.89. The summed E-state index contributed by atoms with van der Waals surface area (Å²) in [6.45, 7) is 6.80. The summed E-state index contributed by atoms with van der Waals surface area (Å²) in [5.74, 6) is 0.686. The number of fused-ring (bicyclic) bond motifs is 2. The van der Waals surface area contributed by atoms with Gasteiger partial charge in [0.25, 0.3) is 5.91 Å². The van der Waals surface area contributed by atoms with Crippen molar-refractivity contribution in [3.63, 3.8) is 0 Å². The molecule has 2 bridgehead atoms. The molecule has 0 radical (unpaired) electrons. The van der Waals surface area contributed by atoms with Gasteiger partial charge in [-0.1, -0.05) is 12.1 Å². The number of carbonyl (C=O) groups excluding carboxylic acids is 1. The lowest BCUT2D eigenvalue weighted by Gasteiger charge is -2.51. The summed E-state index contributed by atoms with van der Waals surface area (Å²) in [4.78, 5) is 18.3. The number of halogens is 1. The smallest absolute Gasteiger partial charge is 0.257 e. The zero-order valence-corrected chi connectivity index (χ0v) is 16.7. The summed E-state index contributed by atoms with van der Waals surface area (Å²) >= 11 is 0. The highest BCUT2D eigenvalue weighted by atomic mass is 19.1. The van der Waals surface area contributed by atoms with Crippen LogP contribution < -0.4 is 0 Å². The largest absolute Gasteiger partial charge is 0.333 e. The van der Waals surface area contributed by atoms with E-state index in [1.165, 1.54) is 0 Å². The Morgan fingerprint density at radius 2 is 1.79 bits per heavy atom. The highest BCUT2D eigenvalue weighted by molar-refractivity contribution is 5.97. The fraction of sp³-hybridized carbons (Fsp3) is 0.545. The Hall–Kier alpha value is -2.21. The molecule has 0 saturated carbocycles. The van der Waals surface area contributed by atoms with E-state index >= 15 is 0 Å². The van der Waals surface area contributed by atoms with Gasteiger partial charge in [-0.05, 0) is 63.4 Å². The molecule has 1 aromatic carbocycles. The third kappa shape index (κ3) is 2.54. The molecule has 1 amide bonds. The Bertz CT molecular complexity index is 913. The van der Waals surface area contributed by atoms with Crippen LogP contribution in [0.5, 0.6) is 0 Å². The van der Waals surface area contributed by atoms with Gasteiger partial charge < -0.3 is 4.90 Å². The highest BCUT2D eigenvalue weighted by Gasteiger charge is 2.55. The molecule has 148 valence electrons. The summed E-state index contributed by atoms with van der Waals surface area (Å²) in [5.41, 5.74) is 3.61. The molecule has 5 heterocycles. The van der Waals surface area contributed by atoms with Gasteiger partial charge in [0.1, 0.15) is 5.82 Å². The monoisotopic (exact) mass is 382 g/mol. The lowest BCUT2D eigenvalue weighted by molar-refractivity contribution is -0.00345. The Kier molecular flexibility index (Phi) is 4.09. The van der Waals surface area contributed by atoms with Gasteiger partial charge in [-0.2, -0.15) is 5.10 Å². The predicted octanol–water partition coefficient (Wildman–Crippen LogP) is 2.88. The van der Waals surface area contributed by atoms with E-state index in [0.29, 0.717) is 18.5 Å². The molecule has 6 rings (SSSR count). The van der Waals surface area contributed by atoms with Crippen LogP contribution in [0.3, 0.4) is 0 Å². The molecule has 3 atom stereocenters. The fourth-order valence-electron chi connectivity index (χ4n) is 5.88. The number of carbonyl (C=O) groups is 1. The van der Waals surface area contributed by atoms with Crippen molar-refractivity contribution in [2.24, 2.45) is 13.0 Å². The predicted molar refractivity (Wildman–Crippen MR) is 105 cm³/mol. The van der Waals surface area contributed by atoms with E-state index in [4.69, 9.17) is 0 Å². The van der Waals surface area contributed by atoms with Crippen LogP contribution in [0.2, 0.25) is 0 Å². The topological polar surface area (TPSA) is 41.4 Å². The van der Waals surface area contributed by atoms with Gasteiger partial charge >= 0.3 is 0 Å². The van der Waals surface area contributed by atoms with E-state index in [1.807, 2.05) is 33.0 Å². The molecule has 1 aromatic heterocycles. The minimum Gasteiger partial charge on any atom is -0.333 e. The summed E-state index contributed by atoms with van der Waals surface area (Å²) in [6.07, 6.45) is 2.32.